The molecule has 3 saturated carbocycles. The lowest BCUT2D eigenvalue weighted by Crippen LogP contribution is -2.76. The summed E-state index contributed by atoms with van der Waals surface area (Å²) >= 11 is 0. The van der Waals surface area contributed by atoms with Gasteiger partial charge in [0.2, 0.25) is 0 Å². The zero-order chi connectivity index (χ0) is 31.5. The van der Waals surface area contributed by atoms with Gasteiger partial charge in [-0.15, -0.1) is 0 Å². The minimum atomic E-state index is -0.381. The van der Waals surface area contributed by atoms with Crippen LogP contribution < -0.4 is 5.32 Å². The van der Waals surface area contributed by atoms with Crippen LogP contribution in [0.4, 0.5) is 5.69 Å². The van der Waals surface area contributed by atoms with Crippen molar-refractivity contribution in [2.24, 2.45) is 16.7 Å². The Labute approximate surface area is 277 Å². The van der Waals surface area contributed by atoms with Crippen LogP contribution in [-0.4, -0.2) is 76.4 Å². The Bertz CT molecular complexity index is 1870. The van der Waals surface area contributed by atoms with E-state index in [9.17, 15) is 9.90 Å². The second-order valence-corrected chi connectivity index (χ2v) is 17.0. The Morgan fingerprint density at radius 3 is 2.70 bits per heavy atom. The molecule has 7 heterocycles. The van der Waals surface area contributed by atoms with E-state index in [0.717, 1.165) is 64.6 Å². The summed E-state index contributed by atoms with van der Waals surface area (Å²) in [5, 5.41) is 17.3. The first-order chi connectivity index (χ1) is 22.9. The molecule has 2 aromatic carbocycles. The fourth-order valence-electron chi connectivity index (χ4n) is 14.3. The largest absolute Gasteiger partial charge is 0.469 e. The number of carbonyl (C=O) groups excluding carboxylic acids is 1. The van der Waals surface area contributed by atoms with Crippen molar-refractivity contribution in [3.63, 3.8) is 0 Å². The number of rotatable bonds is 3. The first-order valence-electron chi connectivity index (χ1n) is 18.7. The third kappa shape index (κ3) is 3.03. The van der Waals surface area contributed by atoms with Crippen LogP contribution in [0.3, 0.4) is 0 Å². The maximum Gasteiger partial charge on any atom is 0.311 e. The van der Waals surface area contributed by atoms with E-state index in [1.807, 2.05) is 0 Å². The predicted octanol–water partition coefficient (Wildman–Crippen LogP) is 5.94. The summed E-state index contributed by atoms with van der Waals surface area (Å²) in [5.74, 6) is -0.134. The Morgan fingerprint density at radius 2 is 1.83 bits per heavy atom. The number of fused-ring (bicyclic) bond motifs is 6. The third-order valence-corrected chi connectivity index (χ3v) is 15.8. The number of ether oxygens (including phenoxy) is 1. The number of nitrogens with zero attached hydrogens (tertiary/aromatic N) is 3. The van der Waals surface area contributed by atoms with Crippen LogP contribution >= 0.6 is 0 Å². The molecule has 2 bridgehead atoms. The third-order valence-electron chi connectivity index (χ3n) is 15.8. The van der Waals surface area contributed by atoms with Gasteiger partial charge in [0, 0.05) is 45.7 Å². The number of aromatic nitrogens is 1. The molecule has 12 rings (SSSR count). The fourth-order valence-corrected chi connectivity index (χ4v) is 14.3. The molecule has 47 heavy (non-hydrogen) atoms. The first kappa shape index (κ1) is 28.0. The molecular formula is C40H48N4O3. The zero-order valence-electron chi connectivity index (χ0n) is 27.9. The summed E-state index contributed by atoms with van der Waals surface area (Å²) in [7, 11) is 1.59. The van der Waals surface area contributed by atoms with Gasteiger partial charge < -0.3 is 19.7 Å². The molecule has 2 N–H and O–H groups in total. The van der Waals surface area contributed by atoms with Crippen molar-refractivity contribution in [1.82, 2.24) is 14.4 Å². The van der Waals surface area contributed by atoms with E-state index in [1.54, 1.807) is 7.11 Å². The van der Waals surface area contributed by atoms with E-state index >= 15 is 0 Å². The molecule has 0 amide bonds. The molecule has 7 heteroatoms. The van der Waals surface area contributed by atoms with Crippen LogP contribution in [0.25, 0.3) is 10.9 Å². The van der Waals surface area contributed by atoms with Crippen molar-refractivity contribution < 1.29 is 14.6 Å². The number of hydrogen-bond acceptors (Lipinski definition) is 6. The van der Waals surface area contributed by atoms with E-state index in [2.05, 4.69) is 69.1 Å². The van der Waals surface area contributed by atoms with Gasteiger partial charge in [-0.3, -0.25) is 14.6 Å². The predicted molar refractivity (Wildman–Crippen MR) is 182 cm³/mol. The van der Waals surface area contributed by atoms with E-state index < -0.39 is 0 Å². The van der Waals surface area contributed by atoms with Crippen molar-refractivity contribution in [3.8, 4) is 0 Å². The van der Waals surface area contributed by atoms with Crippen LogP contribution in [0.15, 0.2) is 42.5 Å². The topological polar surface area (TPSA) is 70.0 Å². The van der Waals surface area contributed by atoms with Gasteiger partial charge in [-0.25, -0.2) is 0 Å². The number of benzene rings is 2. The van der Waals surface area contributed by atoms with Crippen molar-refractivity contribution in [1.29, 1.82) is 0 Å². The molecule has 3 aromatic rings. The lowest BCUT2D eigenvalue weighted by atomic mass is 9.39. The fraction of sp³-hybridized carbons (Fsp3) is 0.625. The normalized spacial score (nSPS) is 41.5. The molecular weight excluding hydrogens is 584 g/mol. The quantitative estimate of drug-likeness (QED) is 0.349. The molecule has 1 aromatic heterocycles. The van der Waals surface area contributed by atoms with E-state index in [0.29, 0.717) is 6.04 Å². The summed E-state index contributed by atoms with van der Waals surface area (Å²) < 4.78 is 8.32. The van der Waals surface area contributed by atoms with Crippen molar-refractivity contribution >= 4 is 22.6 Å². The lowest BCUT2D eigenvalue weighted by molar-refractivity contribution is -0.171. The van der Waals surface area contributed by atoms with Crippen LogP contribution in [-0.2, 0) is 21.4 Å². The summed E-state index contributed by atoms with van der Waals surface area (Å²) in [4.78, 5) is 19.3. The van der Waals surface area contributed by atoms with E-state index in [1.165, 1.54) is 64.8 Å². The molecule has 6 fully saturated rings. The molecule has 3 saturated heterocycles. The number of hydrogen-bond donors (Lipinski definition) is 2. The molecule has 0 unspecified atom stereocenters. The van der Waals surface area contributed by atoms with E-state index in [-0.39, 0.29) is 51.9 Å². The molecule has 3 aliphatic carbocycles. The lowest BCUT2D eigenvalue weighted by Gasteiger charge is -2.69. The number of esters is 1. The van der Waals surface area contributed by atoms with Gasteiger partial charge in [0.05, 0.1) is 36.8 Å². The highest BCUT2D eigenvalue weighted by atomic mass is 16.5. The molecule has 3 spiro atoms. The van der Waals surface area contributed by atoms with Crippen LogP contribution in [0.1, 0.15) is 99.2 Å². The standard InChI is InChI=1S/C40H48N4O3/c1-24(45)38-13-6-17-42-19-11-27-26-7-3-4-8-31(26)44(33(27)34(38)42)32(23-38)25-9-10-30-28(21-25)39-16-20-43-18-5-12-37(36(39)43)14-15-40(39,41-30)29(22-37)35(46)47-2/h3-4,7-10,21,24,29,32,34,36,41,45H,5-6,11-20,22-23H2,1-2H3/t24-,29-,32-,34-,36+,37+,38-,39-,40+/m1/s1. The Morgan fingerprint density at radius 1 is 0.979 bits per heavy atom. The Hall–Kier alpha value is -2.87. The number of carbonyl (C=O) groups is 1. The van der Waals surface area contributed by atoms with Crippen molar-refractivity contribution in [3.05, 3.63) is 64.8 Å². The summed E-state index contributed by atoms with van der Waals surface area (Å²) in [6.45, 7) is 6.59. The van der Waals surface area contributed by atoms with Crippen molar-refractivity contribution in [2.45, 2.75) is 106 Å². The molecule has 0 radical (unpaired) electrons. The smallest absolute Gasteiger partial charge is 0.311 e. The number of piperidine rings is 2. The van der Waals surface area contributed by atoms with Crippen LogP contribution in [0.5, 0.6) is 0 Å². The SMILES string of the molecule is COC(=O)[C@H]1C[C@]23CCCN4CC[C@@]5(c6cc([C@H]7C[C@@]8([C@@H](C)O)CCCN9CCc%10c(n7c7ccccc%107)[C@@H]98)ccc6N[C@@]15CC2)[C@@H]43. The second-order valence-electron chi connectivity index (χ2n) is 17.0. The van der Waals surface area contributed by atoms with Gasteiger partial charge in [0.15, 0.2) is 0 Å². The molecule has 9 aliphatic rings. The minimum Gasteiger partial charge on any atom is -0.469 e. The number of para-hydroxylation sites is 1. The second kappa shape index (κ2) is 9.02. The average Bonchev–Trinajstić information content (AvgIpc) is 3.76. The van der Waals surface area contributed by atoms with Crippen LogP contribution in [0.2, 0.25) is 0 Å². The molecule has 9 atom stereocenters. The number of nitrogens with one attached hydrogen (secondary N) is 1. The summed E-state index contributed by atoms with van der Waals surface area (Å²) in [5.41, 5.74) is 8.06. The number of anilines is 1. The van der Waals surface area contributed by atoms with Gasteiger partial charge in [0.25, 0.3) is 0 Å². The maximum absolute atomic E-state index is 13.7. The van der Waals surface area contributed by atoms with Gasteiger partial charge in [-0.05, 0) is 125 Å². The first-order valence-corrected chi connectivity index (χ1v) is 18.7. The van der Waals surface area contributed by atoms with Gasteiger partial charge in [0.1, 0.15) is 0 Å². The Kier molecular flexibility index (Phi) is 5.38. The average molecular weight is 633 g/mol. The number of aliphatic hydroxyl groups excluding tert-OH is 1. The molecule has 6 aliphatic heterocycles. The monoisotopic (exact) mass is 632 g/mol. The van der Waals surface area contributed by atoms with Crippen molar-refractivity contribution in [2.75, 3.05) is 38.6 Å². The Balaban J connectivity index is 1.14. The molecule has 7 nitrogen and oxygen atoms in total. The van der Waals surface area contributed by atoms with E-state index in [4.69, 9.17) is 4.74 Å². The summed E-state index contributed by atoms with van der Waals surface area (Å²) in [6.07, 6.45) is 10.7. The summed E-state index contributed by atoms with van der Waals surface area (Å²) in [6, 6.07) is 17.4. The molecule has 246 valence electrons. The highest BCUT2D eigenvalue weighted by Crippen LogP contribution is 2.74. The van der Waals surface area contributed by atoms with Gasteiger partial charge >= 0.3 is 5.97 Å². The number of aliphatic hydroxyl groups is 1. The maximum atomic E-state index is 13.7. The van der Waals surface area contributed by atoms with Crippen LogP contribution in [0, 0.1) is 16.7 Å². The zero-order valence-corrected chi connectivity index (χ0v) is 27.9. The highest BCUT2D eigenvalue weighted by Gasteiger charge is 2.79. The minimum absolute atomic E-state index is 0.0176. The van der Waals surface area contributed by atoms with Gasteiger partial charge in [-0.1, -0.05) is 30.3 Å². The highest BCUT2D eigenvalue weighted by molar-refractivity contribution is 5.87. The number of methoxy groups -OCH3 is 1. The van der Waals surface area contributed by atoms with Gasteiger partial charge in [-0.2, -0.15) is 0 Å².